The van der Waals surface area contributed by atoms with E-state index in [0.29, 0.717) is 16.9 Å². The van der Waals surface area contributed by atoms with E-state index in [1.54, 1.807) is 54.6 Å². The first kappa shape index (κ1) is 18.7. The Labute approximate surface area is 154 Å². The first-order valence-electron chi connectivity index (χ1n) is 8.17. The molecule has 0 saturated heterocycles. The average molecular weight is 372 g/mol. The average Bonchev–Trinajstić information content (AvgIpc) is 2.67. The predicted octanol–water partition coefficient (Wildman–Crippen LogP) is 6.36. The molecule has 0 aliphatic rings. The molecule has 3 aromatic carbocycles. The Bertz CT molecular complexity index is 925. The van der Waals surface area contributed by atoms with Gasteiger partial charge in [0.1, 0.15) is 11.6 Å². The van der Waals surface area contributed by atoms with Crippen molar-refractivity contribution in [3.05, 3.63) is 101 Å². The van der Waals surface area contributed by atoms with E-state index in [2.05, 4.69) is 0 Å². The van der Waals surface area contributed by atoms with Crippen LogP contribution in [0.2, 0.25) is 0 Å². The van der Waals surface area contributed by atoms with Crippen molar-refractivity contribution in [2.75, 3.05) is 7.11 Å². The van der Waals surface area contributed by atoms with Gasteiger partial charge in [-0.05, 0) is 41.0 Å². The number of ether oxygens (including phenoxy) is 1. The van der Waals surface area contributed by atoms with E-state index >= 15 is 0 Å². The fourth-order valence-electron chi connectivity index (χ4n) is 2.88. The molecule has 0 N–H and O–H groups in total. The van der Waals surface area contributed by atoms with E-state index in [1.807, 2.05) is 0 Å². The van der Waals surface area contributed by atoms with Crippen LogP contribution in [0.25, 0.3) is 11.1 Å². The molecule has 5 heteroatoms. The molecule has 0 bridgehead atoms. The molecule has 0 aliphatic carbocycles. The fourth-order valence-corrected chi connectivity index (χ4v) is 2.88. The molecular weight excluding hydrogens is 356 g/mol. The topological polar surface area (TPSA) is 9.23 Å². The molecule has 138 valence electrons. The van der Waals surface area contributed by atoms with Crippen LogP contribution >= 0.6 is 0 Å². The smallest absolute Gasteiger partial charge is 0.417 e. The van der Waals surface area contributed by atoms with Gasteiger partial charge in [0.25, 0.3) is 0 Å². The second kappa shape index (κ2) is 7.66. The van der Waals surface area contributed by atoms with Crippen molar-refractivity contribution in [2.24, 2.45) is 0 Å². The number of hydrogen-bond donors (Lipinski definition) is 0. The number of hydrogen-bond acceptors (Lipinski definition) is 1. The highest BCUT2D eigenvalue weighted by Crippen LogP contribution is 2.42. The van der Waals surface area contributed by atoms with Crippen LogP contribution in [-0.2, 0) is 0 Å². The first-order chi connectivity index (χ1) is 12.9. The summed E-state index contributed by atoms with van der Waals surface area (Å²) in [4.78, 5) is 0. The van der Waals surface area contributed by atoms with Crippen molar-refractivity contribution in [1.82, 2.24) is 0 Å². The molecule has 0 amide bonds. The maximum absolute atomic E-state index is 14.1. The lowest BCUT2D eigenvalue weighted by molar-refractivity contribution is -0.0685. The van der Waals surface area contributed by atoms with Crippen LogP contribution in [0.15, 0.2) is 78.9 Å². The summed E-state index contributed by atoms with van der Waals surface area (Å²) in [6.45, 7) is 0. The summed E-state index contributed by atoms with van der Waals surface area (Å²) in [6, 6.07) is 19.0. The van der Waals surface area contributed by atoms with Gasteiger partial charge in [0, 0.05) is 5.57 Å². The van der Waals surface area contributed by atoms with Crippen molar-refractivity contribution in [3.63, 3.8) is 0 Å². The zero-order valence-corrected chi connectivity index (χ0v) is 14.4. The van der Waals surface area contributed by atoms with Crippen molar-refractivity contribution < 1.29 is 22.3 Å². The molecular formula is C22H16F4O. The summed E-state index contributed by atoms with van der Waals surface area (Å²) in [5, 5.41) is 0. The van der Waals surface area contributed by atoms with Gasteiger partial charge in [-0.3, -0.25) is 0 Å². The number of allylic oxidation sites excluding steroid dienone is 1. The largest absolute Gasteiger partial charge is 0.497 e. The standard InChI is InChI=1S/C22H16F4O/c1-27-19-13-9-16(10-14-19)20(15-5-3-2-4-6-15)21(22(24,25)26)17-7-11-18(23)12-8-17/h2-14H,1H3/b21-20-. The number of rotatable bonds is 4. The molecule has 1 nitrogen and oxygen atoms in total. The van der Waals surface area contributed by atoms with Gasteiger partial charge < -0.3 is 4.74 Å². The molecule has 0 unspecified atom stereocenters. The zero-order valence-electron chi connectivity index (χ0n) is 14.4. The van der Waals surface area contributed by atoms with E-state index < -0.39 is 17.6 Å². The van der Waals surface area contributed by atoms with Gasteiger partial charge in [-0.2, -0.15) is 13.2 Å². The highest BCUT2D eigenvalue weighted by Gasteiger charge is 2.38. The van der Waals surface area contributed by atoms with E-state index in [4.69, 9.17) is 4.74 Å². The molecule has 0 radical (unpaired) electrons. The van der Waals surface area contributed by atoms with Gasteiger partial charge in [-0.15, -0.1) is 0 Å². The summed E-state index contributed by atoms with van der Waals surface area (Å²) in [6.07, 6.45) is -4.64. The van der Waals surface area contributed by atoms with Gasteiger partial charge in [0.2, 0.25) is 0 Å². The minimum absolute atomic E-state index is 0.0253. The summed E-state index contributed by atoms with van der Waals surface area (Å²) in [5.74, 6) is -0.0486. The Morgan fingerprint density at radius 3 is 1.74 bits per heavy atom. The Kier molecular flexibility index (Phi) is 5.31. The number of benzene rings is 3. The second-order valence-electron chi connectivity index (χ2n) is 5.85. The fraction of sp³-hybridized carbons (Fsp3) is 0.0909. The Morgan fingerprint density at radius 1 is 0.704 bits per heavy atom. The van der Waals surface area contributed by atoms with E-state index in [9.17, 15) is 17.6 Å². The van der Waals surface area contributed by atoms with Gasteiger partial charge in [-0.25, -0.2) is 4.39 Å². The highest BCUT2D eigenvalue weighted by molar-refractivity contribution is 6.00. The highest BCUT2D eigenvalue weighted by atomic mass is 19.4. The van der Waals surface area contributed by atoms with Crippen LogP contribution in [0.1, 0.15) is 16.7 Å². The Hall–Kier alpha value is -3.08. The first-order valence-corrected chi connectivity index (χ1v) is 8.17. The Morgan fingerprint density at radius 2 is 1.22 bits per heavy atom. The molecule has 0 fully saturated rings. The van der Waals surface area contributed by atoms with Crippen LogP contribution in [0.4, 0.5) is 17.6 Å². The number of halogens is 4. The van der Waals surface area contributed by atoms with Crippen molar-refractivity contribution in [2.45, 2.75) is 6.18 Å². The third kappa shape index (κ3) is 4.19. The van der Waals surface area contributed by atoms with Crippen LogP contribution in [0.5, 0.6) is 5.75 Å². The second-order valence-corrected chi connectivity index (χ2v) is 5.85. The minimum Gasteiger partial charge on any atom is -0.497 e. The van der Waals surface area contributed by atoms with E-state index in [0.717, 1.165) is 24.3 Å². The number of methoxy groups -OCH3 is 1. The molecule has 0 heterocycles. The van der Waals surface area contributed by atoms with Gasteiger partial charge >= 0.3 is 6.18 Å². The minimum atomic E-state index is -4.64. The van der Waals surface area contributed by atoms with Crippen LogP contribution in [0, 0.1) is 5.82 Å². The Balaban J connectivity index is 2.34. The van der Waals surface area contributed by atoms with Crippen molar-refractivity contribution in [3.8, 4) is 5.75 Å². The van der Waals surface area contributed by atoms with Crippen LogP contribution in [-0.4, -0.2) is 13.3 Å². The zero-order chi connectivity index (χ0) is 19.4. The van der Waals surface area contributed by atoms with Gasteiger partial charge in [-0.1, -0.05) is 54.6 Å². The molecule has 27 heavy (non-hydrogen) atoms. The normalized spacial score (nSPS) is 12.5. The molecule has 0 saturated carbocycles. The molecule has 0 atom stereocenters. The molecule has 0 spiro atoms. The number of alkyl halides is 3. The maximum Gasteiger partial charge on any atom is 0.417 e. The van der Waals surface area contributed by atoms with E-state index in [1.165, 1.54) is 7.11 Å². The van der Waals surface area contributed by atoms with Crippen LogP contribution in [0.3, 0.4) is 0 Å². The van der Waals surface area contributed by atoms with Crippen LogP contribution < -0.4 is 4.74 Å². The van der Waals surface area contributed by atoms with Crippen molar-refractivity contribution >= 4 is 11.1 Å². The maximum atomic E-state index is 14.1. The summed E-state index contributed by atoms with van der Waals surface area (Å²) >= 11 is 0. The molecule has 0 aliphatic heterocycles. The summed E-state index contributed by atoms with van der Waals surface area (Å²) in [5.41, 5.74) is -0.0900. The van der Waals surface area contributed by atoms with Gasteiger partial charge in [0.05, 0.1) is 12.7 Å². The third-order valence-corrected chi connectivity index (χ3v) is 4.11. The SMILES string of the molecule is COc1ccc(/C(=C(/c2ccc(F)cc2)C(F)(F)F)c2ccccc2)cc1. The summed E-state index contributed by atoms with van der Waals surface area (Å²) < 4.78 is 60.7. The monoisotopic (exact) mass is 372 g/mol. The van der Waals surface area contributed by atoms with E-state index in [-0.39, 0.29) is 11.1 Å². The third-order valence-electron chi connectivity index (χ3n) is 4.11. The van der Waals surface area contributed by atoms with Gasteiger partial charge in [0.15, 0.2) is 0 Å². The predicted molar refractivity (Wildman–Crippen MR) is 97.8 cm³/mol. The lowest BCUT2D eigenvalue weighted by atomic mass is 9.89. The molecule has 3 aromatic rings. The lowest BCUT2D eigenvalue weighted by Gasteiger charge is -2.19. The van der Waals surface area contributed by atoms with Crippen molar-refractivity contribution in [1.29, 1.82) is 0 Å². The quantitative estimate of drug-likeness (QED) is 0.383. The summed E-state index contributed by atoms with van der Waals surface area (Å²) in [7, 11) is 1.49. The molecule has 3 rings (SSSR count). The lowest BCUT2D eigenvalue weighted by Crippen LogP contribution is -2.14. The molecule has 0 aromatic heterocycles.